The SMILES string of the molecule is CC(C)(C)NCc1cc(Cl)ccc1OCc1ccccc1. The lowest BCUT2D eigenvalue weighted by Gasteiger charge is -2.22. The number of hydrogen-bond donors (Lipinski definition) is 1. The molecule has 2 rings (SSSR count). The van der Waals surface area contributed by atoms with Gasteiger partial charge in [0.25, 0.3) is 0 Å². The topological polar surface area (TPSA) is 21.3 Å². The van der Waals surface area contributed by atoms with Crippen molar-refractivity contribution in [2.75, 3.05) is 0 Å². The van der Waals surface area contributed by atoms with E-state index in [0.717, 1.165) is 28.4 Å². The fourth-order valence-corrected chi connectivity index (χ4v) is 2.12. The molecule has 3 heteroatoms. The molecule has 21 heavy (non-hydrogen) atoms. The minimum absolute atomic E-state index is 0.0546. The summed E-state index contributed by atoms with van der Waals surface area (Å²) in [6, 6.07) is 15.9. The number of ether oxygens (including phenoxy) is 1. The molecule has 112 valence electrons. The van der Waals surface area contributed by atoms with Crippen molar-refractivity contribution in [2.24, 2.45) is 0 Å². The Hall–Kier alpha value is -1.51. The van der Waals surface area contributed by atoms with Crippen LogP contribution in [0, 0.1) is 0 Å². The average molecular weight is 304 g/mol. The molecule has 2 nitrogen and oxygen atoms in total. The van der Waals surface area contributed by atoms with E-state index >= 15 is 0 Å². The highest BCUT2D eigenvalue weighted by atomic mass is 35.5. The largest absolute Gasteiger partial charge is 0.489 e. The van der Waals surface area contributed by atoms with E-state index in [1.165, 1.54) is 0 Å². The molecule has 0 atom stereocenters. The molecule has 2 aromatic rings. The maximum atomic E-state index is 6.10. The molecule has 0 bridgehead atoms. The monoisotopic (exact) mass is 303 g/mol. The van der Waals surface area contributed by atoms with Gasteiger partial charge in [-0.05, 0) is 44.5 Å². The predicted molar refractivity (Wildman–Crippen MR) is 88.8 cm³/mol. The number of benzene rings is 2. The van der Waals surface area contributed by atoms with Crippen LogP contribution in [0.4, 0.5) is 0 Å². The van der Waals surface area contributed by atoms with Crippen LogP contribution in [0.5, 0.6) is 5.75 Å². The highest BCUT2D eigenvalue weighted by molar-refractivity contribution is 6.30. The first-order valence-corrected chi connectivity index (χ1v) is 7.52. The van der Waals surface area contributed by atoms with Crippen LogP contribution in [0.15, 0.2) is 48.5 Å². The first kappa shape index (κ1) is 15.9. The van der Waals surface area contributed by atoms with Gasteiger partial charge in [0.15, 0.2) is 0 Å². The van der Waals surface area contributed by atoms with Crippen LogP contribution in [-0.2, 0) is 13.2 Å². The zero-order valence-electron chi connectivity index (χ0n) is 12.8. The first-order chi connectivity index (χ1) is 9.94. The van der Waals surface area contributed by atoms with E-state index in [1.807, 2.05) is 36.4 Å². The van der Waals surface area contributed by atoms with E-state index in [9.17, 15) is 0 Å². The molecule has 0 spiro atoms. The molecule has 0 unspecified atom stereocenters. The van der Waals surface area contributed by atoms with Crippen molar-refractivity contribution in [3.63, 3.8) is 0 Å². The summed E-state index contributed by atoms with van der Waals surface area (Å²) >= 11 is 6.10. The third-order valence-electron chi connectivity index (χ3n) is 3.07. The van der Waals surface area contributed by atoms with Crippen molar-refractivity contribution in [1.82, 2.24) is 5.32 Å². The summed E-state index contributed by atoms with van der Waals surface area (Å²) in [4.78, 5) is 0. The average Bonchev–Trinajstić information content (AvgIpc) is 2.44. The third kappa shape index (κ3) is 5.41. The van der Waals surface area contributed by atoms with Gasteiger partial charge in [0.2, 0.25) is 0 Å². The molecule has 0 fully saturated rings. The summed E-state index contributed by atoms with van der Waals surface area (Å²) in [7, 11) is 0. The minimum atomic E-state index is 0.0546. The van der Waals surface area contributed by atoms with Crippen LogP contribution >= 0.6 is 11.6 Å². The zero-order chi connectivity index (χ0) is 15.3. The molecule has 0 aromatic heterocycles. The van der Waals surface area contributed by atoms with E-state index in [2.05, 4.69) is 38.2 Å². The summed E-state index contributed by atoms with van der Waals surface area (Å²) < 4.78 is 5.94. The third-order valence-corrected chi connectivity index (χ3v) is 3.30. The Morgan fingerprint density at radius 2 is 1.76 bits per heavy atom. The van der Waals surface area contributed by atoms with Gasteiger partial charge < -0.3 is 10.1 Å². The second-order valence-electron chi connectivity index (χ2n) is 6.13. The van der Waals surface area contributed by atoms with Gasteiger partial charge in [-0.1, -0.05) is 41.9 Å². The summed E-state index contributed by atoms with van der Waals surface area (Å²) in [5.74, 6) is 0.875. The van der Waals surface area contributed by atoms with Crippen molar-refractivity contribution >= 4 is 11.6 Å². The molecule has 0 amide bonds. The lowest BCUT2D eigenvalue weighted by Crippen LogP contribution is -2.35. The van der Waals surface area contributed by atoms with E-state index in [1.54, 1.807) is 0 Å². The molecule has 0 aliphatic carbocycles. The highest BCUT2D eigenvalue weighted by Crippen LogP contribution is 2.24. The number of hydrogen-bond acceptors (Lipinski definition) is 2. The van der Waals surface area contributed by atoms with Crippen molar-refractivity contribution < 1.29 is 4.74 Å². The van der Waals surface area contributed by atoms with Crippen LogP contribution in [0.3, 0.4) is 0 Å². The number of halogens is 1. The summed E-state index contributed by atoms with van der Waals surface area (Å²) in [6.45, 7) is 7.71. The summed E-state index contributed by atoms with van der Waals surface area (Å²) in [5, 5.41) is 4.19. The molecule has 0 saturated carbocycles. The van der Waals surface area contributed by atoms with Crippen LogP contribution < -0.4 is 10.1 Å². The Bertz CT molecular complexity index is 576. The second kappa shape index (κ2) is 6.97. The first-order valence-electron chi connectivity index (χ1n) is 7.14. The highest BCUT2D eigenvalue weighted by Gasteiger charge is 2.11. The second-order valence-corrected chi connectivity index (χ2v) is 6.57. The predicted octanol–water partition coefficient (Wildman–Crippen LogP) is 4.81. The van der Waals surface area contributed by atoms with Crippen molar-refractivity contribution in [3.8, 4) is 5.75 Å². The fraction of sp³-hybridized carbons (Fsp3) is 0.333. The fourth-order valence-electron chi connectivity index (χ4n) is 1.92. The van der Waals surface area contributed by atoms with Gasteiger partial charge in [0.1, 0.15) is 12.4 Å². The van der Waals surface area contributed by atoms with E-state index in [0.29, 0.717) is 6.61 Å². The van der Waals surface area contributed by atoms with Crippen LogP contribution in [0.1, 0.15) is 31.9 Å². The van der Waals surface area contributed by atoms with Gasteiger partial charge in [0, 0.05) is 22.7 Å². The van der Waals surface area contributed by atoms with Gasteiger partial charge in [0.05, 0.1) is 0 Å². The summed E-state index contributed by atoms with van der Waals surface area (Å²) in [6.07, 6.45) is 0. The van der Waals surface area contributed by atoms with E-state index in [-0.39, 0.29) is 5.54 Å². The minimum Gasteiger partial charge on any atom is -0.489 e. The van der Waals surface area contributed by atoms with Gasteiger partial charge in [-0.15, -0.1) is 0 Å². The lowest BCUT2D eigenvalue weighted by molar-refractivity contribution is 0.300. The molecule has 0 heterocycles. The Kier molecular flexibility index (Phi) is 5.27. The van der Waals surface area contributed by atoms with Crippen molar-refractivity contribution in [2.45, 2.75) is 39.5 Å². The molecular weight excluding hydrogens is 282 g/mol. The lowest BCUT2D eigenvalue weighted by atomic mass is 10.1. The van der Waals surface area contributed by atoms with Crippen molar-refractivity contribution in [3.05, 3.63) is 64.7 Å². The van der Waals surface area contributed by atoms with Gasteiger partial charge >= 0.3 is 0 Å². The molecule has 2 aromatic carbocycles. The quantitative estimate of drug-likeness (QED) is 0.856. The Labute approximate surface area is 132 Å². The molecule has 1 N–H and O–H groups in total. The maximum absolute atomic E-state index is 6.10. The molecular formula is C18H22ClNO. The van der Waals surface area contributed by atoms with Gasteiger partial charge in [-0.25, -0.2) is 0 Å². The number of nitrogens with one attached hydrogen (secondary N) is 1. The molecule has 0 aliphatic heterocycles. The van der Waals surface area contributed by atoms with Crippen LogP contribution in [0.2, 0.25) is 5.02 Å². The molecule has 0 saturated heterocycles. The number of rotatable bonds is 5. The Morgan fingerprint density at radius 1 is 1.05 bits per heavy atom. The Balaban J connectivity index is 2.07. The standard InChI is InChI=1S/C18H22ClNO/c1-18(2,3)20-12-15-11-16(19)9-10-17(15)21-13-14-7-5-4-6-8-14/h4-11,20H,12-13H2,1-3H3. The smallest absolute Gasteiger partial charge is 0.124 e. The van der Waals surface area contributed by atoms with Crippen LogP contribution in [-0.4, -0.2) is 5.54 Å². The van der Waals surface area contributed by atoms with E-state index < -0.39 is 0 Å². The zero-order valence-corrected chi connectivity index (χ0v) is 13.6. The van der Waals surface area contributed by atoms with Gasteiger partial charge in [-0.3, -0.25) is 0 Å². The summed E-state index contributed by atoms with van der Waals surface area (Å²) in [5.41, 5.74) is 2.29. The Morgan fingerprint density at radius 3 is 2.43 bits per heavy atom. The van der Waals surface area contributed by atoms with Crippen molar-refractivity contribution in [1.29, 1.82) is 0 Å². The maximum Gasteiger partial charge on any atom is 0.124 e. The van der Waals surface area contributed by atoms with E-state index in [4.69, 9.17) is 16.3 Å². The van der Waals surface area contributed by atoms with Crippen LogP contribution in [0.25, 0.3) is 0 Å². The van der Waals surface area contributed by atoms with Gasteiger partial charge in [-0.2, -0.15) is 0 Å². The molecule has 0 radical (unpaired) electrons. The molecule has 0 aliphatic rings. The normalized spacial score (nSPS) is 11.4.